The van der Waals surface area contributed by atoms with E-state index in [0.717, 1.165) is 25.8 Å². The molecule has 0 fully saturated rings. The molecule has 0 saturated carbocycles. The molecule has 2 N–H and O–H groups in total. The predicted octanol–water partition coefficient (Wildman–Crippen LogP) is 2.84. The van der Waals surface area contributed by atoms with E-state index in [2.05, 4.69) is 41.1 Å². The van der Waals surface area contributed by atoms with Gasteiger partial charge in [0.2, 0.25) is 0 Å². The highest BCUT2D eigenvalue weighted by molar-refractivity contribution is 5.80. The second-order valence-electron chi connectivity index (χ2n) is 4.56. The number of fused-ring (bicyclic) bond motifs is 1. The van der Waals surface area contributed by atoms with Gasteiger partial charge >= 0.3 is 0 Å². The molecule has 0 amide bonds. The number of nitrogens with zero attached hydrogens (tertiary/aromatic N) is 2. The second-order valence-corrected chi connectivity index (χ2v) is 4.56. The molecule has 1 aromatic heterocycles. The largest absolute Gasteiger partial charge is 0.347 e. The molecular weight excluding hydrogens is 222 g/mol. The normalized spacial score (nSPS) is 10.7. The van der Waals surface area contributed by atoms with Gasteiger partial charge in [-0.1, -0.05) is 12.1 Å². The maximum Gasteiger partial charge on any atom is 0.0621 e. The summed E-state index contributed by atoms with van der Waals surface area (Å²) in [6.45, 7) is 1.67. The Morgan fingerprint density at radius 1 is 1.22 bits per heavy atom. The fourth-order valence-electron chi connectivity index (χ4n) is 2.23. The zero-order chi connectivity index (χ0) is 12.8. The number of rotatable bonds is 6. The van der Waals surface area contributed by atoms with Crippen LogP contribution in [0.5, 0.6) is 0 Å². The van der Waals surface area contributed by atoms with Crippen LogP contribution in [0.2, 0.25) is 0 Å². The van der Waals surface area contributed by atoms with E-state index in [4.69, 9.17) is 11.0 Å². The molecule has 0 aliphatic rings. The third-order valence-corrected chi connectivity index (χ3v) is 3.21. The van der Waals surface area contributed by atoms with Crippen LogP contribution < -0.4 is 5.73 Å². The number of hydrogen-bond acceptors (Lipinski definition) is 2. The molecule has 0 bridgehead atoms. The number of hydrogen-bond donors (Lipinski definition) is 1. The van der Waals surface area contributed by atoms with Gasteiger partial charge in [-0.15, -0.1) is 0 Å². The average Bonchev–Trinajstić information content (AvgIpc) is 2.78. The molecule has 0 radical (unpaired) electrons. The molecule has 1 aromatic carbocycles. The molecule has 2 aromatic rings. The molecule has 0 aliphatic carbocycles. The smallest absolute Gasteiger partial charge is 0.0621 e. The highest BCUT2D eigenvalue weighted by atomic mass is 14.9. The van der Waals surface area contributed by atoms with Crippen LogP contribution in [0.25, 0.3) is 10.9 Å². The first-order chi connectivity index (χ1) is 8.85. The number of nitriles is 1. The van der Waals surface area contributed by atoms with Crippen molar-refractivity contribution in [1.29, 1.82) is 5.26 Å². The first-order valence-electron chi connectivity index (χ1n) is 6.50. The molecular formula is C15H19N3. The number of benzene rings is 1. The van der Waals surface area contributed by atoms with E-state index < -0.39 is 0 Å². The summed E-state index contributed by atoms with van der Waals surface area (Å²) in [6, 6.07) is 10.9. The van der Waals surface area contributed by atoms with Gasteiger partial charge < -0.3 is 10.3 Å². The van der Waals surface area contributed by atoms with Crippen molar-refractivity contribution >= 4 is 10.9 Å². The van der Waals surface area contributed by atoms with Crippen LogP contribution >= 0.6 is 0 Å². The highest BCUT2D eigenvalue weighted by Gasteiger charge is 2.02. The van der Waals surface area contributed by atoms with Gasteiger partial charge in [0.15, 0.2) is 0 Å². The Balaban J connectivity index is 2.12. The third-order valence-electron chi connectivity index (χ3n) is 3.21. The minimum atomic E-state index is 0.650. The van der Waals surface area contributed by atoms with Gasteiger partial charge in [0.25, 0.3) is 0 Å². The van der Waals surface area contributed by atoms with Crippen molar-refractivity contribution in [3.8, 4) is 6.07 Å². The van der Waals surface area contributed by atoms with Gasteiger partial charge in [0.05, 0.1) is 6.07 Å². The van der Waals surface area contributed by atoms with E-state index in [1.807, 2.05) is 0 Å². The lowest BCUT2D eigenvalue weighted by Gasteiger charge is -2.06. The van der Waals surface area contributed by atoms with E-state index in [1.165, 1.54) is 16.5 Å². The van der Waals surface area contributed by atoms with E-state index >= 15 is 0 Å². The molecule has 18 heavy (non-hydrogen) atoms. The SMILES string of the molecule is N#CCCCCn1ccc2ccc(CCN)cc21. The maximum atomic E-state index is 8.52. The lowest BCUT2D eigenvalue weighted by Crippen LogP contribution is -2.03. The highest BCUT2D eigenvalue weighted by Crippen LogP contribution is 2.18. The number of unbranched alkanes of at least 4 members (excludes halogenated alkanes) is 2. The molecule has 0 atom stereocenters. The maximum absolute atomic E-state index is 8.52. The minimum Gasteiger partial charge on any atom is -0.347 e. The monoisotopic (exact) mass is 241 g/mol. The first-order valence-corrected chi connectivity index (χ1v) is 6.50. The summed E-state index contributed by atoms with van der Waals surface area (Å²) in [7, 11) is 0. The zero-order valence-corrected chi connectivity index (χ0v) is 10.6. The summed E-state index contributed by atoms with van der Waals surface area (Å²) in [4.78, 5) is 0. The molecule has 0 spiro atoms. The van der Waals surface area contributed by atoms with E-state index in [9.17, 15) is 0 Å². The van der Waals surface area contributed by atoms with Gasteiger partial charge in [-0.05, 0) is 48.9 Å². The van der Waals surface area contributed by atoms with Gasteiger partial charge in [0.1, 0.15) is 0 Å². The van der Waals surface area contributed by atoms with Crippen molar-refractivity contribution in [3.05, 3.63) is 36.0 Å². The summed E-state index contributed by atoms with van der Waals surface area (Å²) in [5.41, 5.74) is 8.16. The Bertz CT molecular complexity index is 548. The Hall–Kier alpha value is -1.79. The molecule has 1 heterocycles. The summed E-state index contributed by atoms with van der Waals surface area (Å²) in [5.74, 6) is 0. The minimum absolute atomic E-state index is 0.650. The van der Waals surface area contributed by atoms with Gasteiger partial charge in [-0.2, -0.15) is 5.26 Å². The van der Waals surface area contributed by atoms with Crippen molar-refractivity contribution in [3.63, 3.8) is 0 Å². The molecule has 94 valence electrons. The van der Waals surface area contributed by atoms with Gasteiger partial charge in [0, 0.05) is 24.7 Å². The van der Waals surface area contributed by atoms with E-state index in [0.29, 0.717) is 13.0 Å². The fraction of sp³-hybridized carbons (Fsp3) is 0.400. The molecule has 0 unspecified atom stereocenters. The number of aromatic nitrogens is 1. The van der Waals surface area contributed by atoms with Crippen molar-refractivity contribution in [1.82, 2.24) is 4.57 Å². The van der Waals surface area contributed by atoms with Crippen molar-refractivity contribution in [2.24, 2.45) is 5.73 Å². The standard InChI is InChI=1S/C15H19N3/c16-8-2-1-3-10-18-11-7-14-5-4-13(6-9-17)12-15(14)18/h4-5,7,11-12H,1-3,6,9-10,17H2. The van der Waals surface area contributed by atoms with Crippen LogP contribution in [-0.2, 0) is 13.0 Å². The Morgan fingerprint density at radius 2 is 2.11 bits per heavy atom. The van der Waals surface area contributed by atoms with Crippen molar-refractivity contribution in [2.45, 2.75) is 32.2 Å². The van der Waals surface area contributed by atoms with Crippen LogP contribution in [-0.4, -0.2) is 11.1 Å². The third kappa shape index (κ3) is 2.91. The molecule has 0 aliphatic heterocycles. The van der Waals surface area contributed by atoms with Gasteiger partial charge in [-0.3, -0.25) is 0 Å². The lowest BCUT2D eigenvalue weighted by molar-refractivity contribution is 0.632. The lowest BCUT2D eigenvalue weighted by atomic mass is 10.1. The quantitative estimate of drug-likeness (QED) is 0.791. The molecule has 3 nitrogen and oxygen atoms in total. The van der Waals surface area contributed by atoms with E-state index in [1.54, 1.807) is 0 Å². The van der Waals surface area contributed by atoms with Crippen LogP contribution in [0.3, 0.4) is 0 Å². The van der Waals surface area contributed by atoms with Crippen molar-refractivity contribution in [2.75, 3.05) is 6.54 Å². The van der Waals surface area contributed by atoms with E-state index in [-0.39, 0.29) is 0 Å². The summed E-state index contributed by atoms with van der Waals surface area (Å²) < 4.78 is 2.27. The second kappa shape index (κ2) is 6.23. The summed E-state index contributed by atoms with van der Waals surface area (Å²) in [5, 5.41) is 9.80. The predicted molar refractivity (Wildman–Crippen MR) is 74.2 cm³/mol. The van der Waals surface area contributed by atoms with Crippen LogP contribution in [0.15, 0.2) is 30.5 Å². The van der Waals surface area contributed by atoms with Crippen LogP contribution in [0.4, 0.5) is 0 Å². The van der Waals surface area contributed by atoms with Gasteiger partial charge in [-0.25, -0.2) is 0 Å². The Kier molecular flexibility index (Phi) is 4.38. The summed E-state index contributed by atoms with van der Waals surface area (Å²) in [6.07, 6.45) is 5.73. The van der Waals surface area contributed by atoms with Crippen molar-refractivity contribution < 1.29 is 0 Å². The van der Waals surface area contributed by atoms with Crippen LogP contribution in [0.1, 0.15) is 24.8 Å². The Morgan fingerprint density at radius 3 is 2.89 bits per heavy atom. The number of nitrogens with two attached hydrogens (primary N) is 1. The first kappa shape index (κ1) is 12.7. The topological polar surface area (TPSA) is 54.7 Å². The number of aryl methyl sites for hydroxylation is 1. The molecule has 2 rings (SSSR count). The fourth-order valence-corrected chi connectivity index (χ4v) is 2.23. The Labute approximate surface area is 108 Å². The van der Waals surface area contributed by atoms with Crippen LogP contribution in [0, 0.1) is 11.3 Å². The zero-order valence-electron chi connectivity index (χ0n) is 10.6. The average molecular weight is 241 g/mol. The molecule has 3 heteroatoms. The summed E-state index contributed by atoms with van der Waals surface area (Å²) >= 11 is 0. The molecule has 0 saturated heterocycles.